The van der Waals surface area contributed by atoms with E-state index in [1.165, 1.54) is 4.31 Å². The second kappa shape index (κ2) is 9.40. The van der Waals surface area contributed by atoms with Crippen LogP contribution in [0.25, 0.3) is 0 Å². The van der Waals surface area contributed by atoms with E-state index in [4.69, 9.17) is 0 Å². The van der Waals surface area contributed by atoms with Crippen molar-refractivity contribution in [2.24, 2.45) is 0 Å². The summed E-state index contributed by atoms with van der Waals surface area (Å²) < 4.78 is 29.3. The predicted octanol–water partition coefficient (Wildman–Crippen LogP) is 5.36. The van der Waals surface area contributed by atoms with Gasteiger partial charge in [-0.15, -0.1) is 0 Å². The molecule has 0 unspecified atom stereocenters. The van der Waals surface area contributed by atoms with Gasteiger partial charge in [-0.1, -0.05) is 35.4 Å². The van der Waals surface area contributed by atoms with Crippen molar-refractivity contribution in [2.75, 3.05) is 16.2 Å². The Kier molecular flexibility index (Phi) is 7.06. The third-order valence-corrected chi connectivity index (χ3v) is 7.42. The van der Waals surface area contributed by atoms with Crippen LogP contribution in [-0.2, 0) is 14.8 Å². The highest BCUT2D eigenvalue weighted by molar-refractivity contribution is 14.1. The number of nitrogens with zero attached hydrogens (tertiary/aromatic N) is 1. The molecule has 0 aliphatic carbocycles. The Balaban J connectivity index is 1.99. The van der Waals surface area contributed by atoms with Gasteiger partial charge in [0.05, 0.1) is 10.6 Å². The molecule has 162 valence electrons. The first-order valence-electron chi connectivity index (χ1n) is 9.80. The molecule has 31 heavy (non-hydrogen) atoms. The topological polar surface area (TPSA) is 66.5 Å². The lowest BCUT2D eigenvalue weighted by Gasteiger charge is -2.26. The highest BCUT2D eigenvalue weighted by Gasteiger charge is 2.28. The van der Waals surface area contributed by atoms with Crippen molar-refractivity contribution >= 4 is 49.9 Å². The summed E-state index contributed by atoms with van der Waals surface area (Å²) in [5.41, 5.74) is 4.84. The molecule has 0 atom stereocenters. The predicted molar refractivity (Wildman–Crippen MR) is 134 cm³/mol. The van der Waals surface area contributed by atoms with Gasteiger partial charge in [-0.25, -0.2) is 8.42 Å². The standard InChI is InChI=1S/C24H25IN2O3S/c1-16-5-9-21(10-6-16)31(29,30)27(23-12-7-17(2)13-19(23)4)15-24(28)26-22-11-8-20(25)14-18(22)3/h5-14H,15H2,1-4H3,(H,26,28). The average Bonchev–Trinajstić information content (AvgIpc) is 2.69. The number of carbonyl (C=O) groups excluding carboxylic acids is 1. The van der Waals surface area contributed by atoms with Crippen LogP contribution in [0.3, 0.4) is 0 Å². The Hall–Kier alpha value is -2.39. The Labute approximate surface area is 197 Å². The summed E-state index contributed by atoms with van der Waals surface area (Å²) in [6, 6.07) is 17.8. The van der Waals surface area contributed by atoms with Crippen molar-refractivity contribution in [2.45, 2.75) is 32.6 Å². The molecule has 7 heteroatoms. The van der Waals surface area contributed by atoms with E-state index in [2.05, 4.69) is 27.9 Å². The quantitative estimate of drug-likeness (QED) is 0.422. The molecule has 5 nitrogen and oxygen atoms in total. The normalized spacial score (nSPS) is 11.3. The van der Waals surface area contributed by atoms with E-state index >= 15 is 0 Å². The van der Waals surface area contributed by atoms with Crippen LogP contribution < -0.4 is 9.62 Å². The number of amides is 1. The number of hydrogen-bond donors (Lipinski definition) is 1. The summed E-state index contributed by atoms with van der Waals surface area (Å²) in [5, 5.41) is 2.85. The molecule has 1 amide bonds. The van der Waals surface area contributed by atoms with E-state index in [1.54, 1.807) is 30.3 Å². The Morgan fingerprint density at radius 2 is 1.52 bits per heavy atom. The van der Waals surface area contributed by atoms with Crippen LogP contribution in [0, 0.1) is 31.3 Å². The molecule has 0 saturated heterocycles. The van der Waals surface area contributed by atoms with Gasteiger partial charge < -0.3 is 5.32 Å². The molecule has 0 aromatic heterocycles. The molecule has 0 spiro atoms. The lowest BCUT2D eigenvalue weighted by molar-refractivity contribution is -0.114. The zero-order valence-electron chi connectivity index (χ0n) is 17.9. The van der Waals surface area contributed by atoms with Gasteiger partial charge in [0.2, 0.25) is 5.91 Å². The molecule has 3 aromatic carbocycles. The van der Waals surface area contributed by atoms with Gasteiger partial charge >= 0.3 is 0 Å². The van der Waals surface area contributed by atoms with Crippen molar-refractivity contribution in [3.63, 3.8) is 0 Å². The lowest BCUT2D eigenvalue weighted by atomic mass is 10.1. The molecular formula is C24H25IN2O3S. The minimum atomic E-state index is -3.94. The number of aryl methyl sites for hydroxylation is 4. The molecular weight excluding hydrogens is 523 g/mol. The van der Waals surface area contributed by atoms with Gasteiger partial charge in [0.25, 0.3) is 10.0 Å². The fourth-order valence-electron chi connectivity index (χ4n) is 3.31. The summed E-state index contributed by atoms with van der Waals surface area (Å²) in [6.45, 7) is 7.27. The molecule has 3 rings (SSSR count). The van der Waals surface area contributed by atoms with Crippen LogP contribution in [0.5, 0.6) is 0 Å². The van der Waals surface area contributed by atoms with Gasteiger partial charge in [0.15, 0.2) is 0 Å². The molecule has 1 N–H and O–H groups in total. The second-order valence-electron chi connectivity index (χ2n) is 7.62. The van der Waals surface area contributed by atoms with Crippen LogP contribution in [0.2, 0.25) is 0 Å². The number of halogens is 1. The minimum absolute atomic E-state index is 0.149. The number of benzene rings is 3. The van der Waals surface area contributed by atoms with Gasteiger partial charge in [0, 0.05) is 9.26 Å². The van der Waals surface area contributed by atoms with Crippen LogP contribution in [0.1, 0.15) is 22.3 Å². The fourth-order valence-corrected chi connectivity index (χ4v) is 5.44. The highest BCUT2D eigenvalue weighted by atomic mass is 127. The Morgan fingerprint density at radius 3 is 2.13 bits per heavy atom. The van der Waals surface area contributed by atoms with E-state index in [9.17, 15) is 13.2 Å². The number of hydrogen-bond acceptors (Lipinski definition) is 3. The summed E-state index contributed by atoms with van der Waals surface area (Å²) in [5.74, 6) is -0.403. The lowest BCUT2D eigenvalue weighted by Crippen LogP contribution is -2.38. The first-order valence-corrected chi connectivity index (χ1v) is 12.3. The zero-order chi connectivity index (χ0) is 22.8. The van der Waals surface area contributed by atoms with Crippen molar-refractivity contribution < 1.29 is 13.2 Å². The van der Waals surface area contributed by atoms with Crippen molar-refractivity contribution in [1.29, 1.82) is 0 Å². The Bertz CT molecular complexity index is 1220. The van der Waals surface area contributed by atoms with Crippen molar-refractivity contribution in [3.8, 4) is 0 Å². The van der Waals surface area contributed by atoms with E-state index in [-0.39, 0.29) is 11.4 Å². The number of nitrogens with one attached hydrogen (secondary N) is 1. The first kappa shape index (κ1) is 23.3. The smallest absolute Gasteiger partial charge is 0.264 e. The van der Waals surface area contributed by atoms with E-state index in [0.717, 1.165) is 25.8 Å². The van der Waals surface area contributed by atoms with Crippen molar-refractivity contribution in [1.82, 2.24) is 0 Å². The first-order chi connectivity index (χ1) is 14.6. The molecule has 3 aromatic rings. The molecule has 0 heterocycles. The summed E-state index contributed by atoms with van der Waals surface area (Å²) in [7, 11) is -3.94. The third-order valence-electron chi connectivity index (χ3n) is 4.98. The monoisotopic (exact) mass is 548 g/mol. The summed E-state index contributed by atoms with van der Waals surface area (Å²) in [4.78, 5) is 13.1. The van der Waals surface area contributed by atoms with Crippen LogP contribution in [0.15, 0.2) is 65.6 Å². The van der Waals surface area contributed by atoms with Gasteiger partial charge in [0.1, 0.15) is 6.54 Å². The fraction of sp³-hybridized carbons (Fsp3) is 0.208. The Morgan fingerprint density at radius 1 is 0.871 bits per heavy atom. The van der Waals surface area contributed by atoms with E-state index in [1.807, 2.05) is 58.0 Å². The maximum absolute atomic E-state index is 13.5. The number of rotatable bonds is 6. The number of sulfonamides is 1. The van der Waals surface area contributed by atoms with Crippen molar-refractivity contribution in [3.05, 3.63) is 86.5 Å². The minimum Gasteiger partial charge on any atom is -0.324 e. The SMILES string of the molecule is Cc1ccc(S(=O)(=O)N(CC(=O)Nc2ccc(I)cc2C)c2ccc(C)cc2C)cc1. The molecule has 0 radical (unpaired) electrons. The average molecular weight is 548 g/mol. The van der Waals surface area contributed by atoms with Crippen LogP contribution in [0.4, 0.5) is 11.4 Å². The van der Waals surface area contributed by atoms with Gasteiger partial charge in [-0.2, -0.15) is 0 Å². The molecule has 0 aliphatic heterocycles. The largest absolute Gasteiger partial charge is 0.324 e. The van der Waals surface area contributed by atoms with Gasteiger partial charge in [-0.05, 0) is 97.8 Å². The number of carbonyl (C=O) groups is 1. The summed E-state index contributed by atoms with van der Waals surface area (Å²) >= 11 is 2.21. The summed E-state index contributed by atoms with van der Waals surface area (Å²) in [6.07, 6.45) is 0. The maximum Gasteiger partial charge on any atom is 0.264 e. The molecule has 0 aliphatic rings. The second-order valence-corrected chi connectivity index (χ2v) is 10.7. The van der Waals surface area contributed by atoms with Crippen LogP contribution in [-0.4, -0.2) is 20.9 Å². The molecule has 0 saturated carbocycles. The number of anilines is 2. The van der Waals surface area contributed by atoms with E-state index in [0.29, 0.717) is 11.4 Å². The van der Waals surface area contributed by atoms with Crippen LogP contribution >= 0.6 is 22.6 Å². The third kappa shape index (κ3) is 5.46. The zero-order valence-corrected chi connectivity index (χ0v) is 20.9. The van der Waals surface area contributed by atoms with E-state index < -0.39 is 15.9 Å². The molecule has 0 fully saturated rings. The highest BCUT2D eigenvalue weighted by Crippen LogP contribution is 2.28. The van der Waals surface area contributed by atoms with Gasteiger partial charge in [-0.3, -0.25) is 9.10 Å². The molecule has 0 bridgehead atoms. The maximum atomic E-state index is 13.5.